The van der Waals surface area contributed by atoms with E-state index in [9.17, 15) is 31.9 Å². The number of aromatic nitrogens is 2. The van der Waals surface area contributed by atoms with Crippen LogP contribution in [0, 0.1) is 11.6 Å². The van der Waals surface area contributed by atoms with Crippen molar-refractivity contribution in [3.8, 4) is 5.69 Å². The van der Waals surface area contributed by atoms with Crippen molar-refractivity contribution in [2.75, 3.05) is 26.3 Å². The smallest absolute Gasteiger partial charge is 0.405 e. The number of carboxylic acid groups (broad SMARTS) is 1. The second-order valence-corrected chi connectivity index (χ2v) is 11.1. The predicted octanol–water partition coefficient (Wildman–Crippen LogP) is 3.24. The third-order valence-electron chi connectivity index (χ3n) is 6.48. The molecule has 0 radical (unpaired) electrons. The molecule has 3 aromatic carbocycles. The SMILES string of the molecule is O=C(O)NC(Cc1cc(F)cc(F)c1)c1nc2ccccc2c(=O)n1-c1ccc(S(=O)(=O)N2CCOCC2)cc1. The fraction of sp³-hybridized carbons (Fsp3) is 0.222. The average molecular weight is 571 g/mol. The van der Waals surface area contributed by atoms with Crippen LogP contribution in [0.3, 0.4) is 0 Å². The van der Waals surface area contributed by atoms with Crippen molar-refractivity contribution in [3.05, 3.63) is 100 Å². The predicted molar refractivity (Wildman–Crippen MR) is 141 cm³/mol. The molecule has 2 N–H and O–H groups in total. The molecule has 1 fully saturated rings. The highest BCUT2D eigenvalue weighted by atomic mass is 32.2. The molecule has 2 heterocycles. The monoisotopic (exact) mass is 570 g/mol. The zero-order valence-electron chi connectivity index (χ0n) is 21.0. The summed E-state index contributed by atoms with van der Waals surface area (Å²) in [6.07, 6.45) is -1.67. The van der Waals surface area contributed by atoms with Crippen LogP contribution < -0.4 is 10.9 Å². The van der Waals surface area contributed by atoms with Crippen molar-refractivity contribution in [2.45, 2.75) is 17.4 Å². The largest absolute Gasteiger partial charge is 0.465 e. The number of hydrogen-bond donors (Lipinski definition) is 2. The molecule has 10 nitrogen and oxygen atoms in total. The minimum Gasteiger partial charge on any atom is -0.465 e. The van der Waals surface area contributed by atoms with Gasteiger partial charge in [-0.2, -0.15) is 4.31 Å². The van der Waals surface area contributed by atoms with E-state index in [4.69, 9.17) is 4.74 Å². The summed E-state index contributed by atoms with van der Waals surface area (Å²) >= 11 is 0. The third-order valence-corrected chi connectivity index (χ3v) is 8.39. The lowest BCUT2D eigenvalue weighted by Gasteiger charge is -2.26. The number of carbonyl (C=O) groups is 1. The Morgan fingerprint density at radius 3 is 2.33 bits per heavy atom. The Morgan fingerprint density at radius 2 is 1.68 bits per heavy atom. The Morgan fingerprint density at radius 1 is 1.02 bits per heavy atom. The molecular weight excluding hydrogens is 546 g/mol. The van der Waals surface area contributed by atoms with Crippen LogP contribution in [-0.2, 0) is 21.2 Å². The summed E-state index contributed by atoms with van der Waals surface area (Å²) in [6.45, 7) is 0.995. The lowest BCUT2D eigenvalue weighted by molar-refractivity contribution is 0.0730. The van der Waals surface area contributed by atoms with E-state index in [1.54, 1.807) is 24.3 Å². The van der Waals surface area contributed by atoms with Gasteiger partial charge in [0.05, 0.1) is 40.7 Å². The number of halogens is 2. The molecule has 1 aliphatic heterocycles. The van der Waals surface area contributed by atoms with Crippen LogP contribution in [0.2, 0.25) is 0 Å². The first kappa shape index (κ1) is 27.4. The van der Waals surface area contributed by atoms with Gasteiger partial charge in [0, 0.05) is 25.6 Å². The van der Waals surface area contributed by atoms with Crippen LogP contribution in [0.4, 0.5) is 13.6 Å². The first-order valence-electron chi connectivity index (χ1n) is 12.3. The topological polar surface area (TPSA) is 131 Å². The van der Waals surface area contributed by atoms with Gasteiger partial charge in [0.15, 0.2) is 0 Å². The highest BCUT2D eigenvalue weighted by Crippen LogP contribution is 2.24. The van der Waals surface area contributed by atoms with Crippen molar-refractivity contribution >= 4 is 27.0 Å². The van der Waals surface area contributed by atoms with Crippen molar-refractivity contribution in [1.29, 1.82) is 0 Å². The van der Waals surface area contributed by atoms with Crippen LogP contribution >= 0.6 is 0 Å². The Labute approximate surface area is 227 Å². The van der Waals surface area contributed by atoms with E-state index >= 15 is 0 Å². The number of fused-ring (bicyclic) bond motifs is 1. The van der Waals surface area contributed by atoms with Gasteiger partial charge in [0.2, 0.25) is 10.0 Å². The number of nitrogens with zero attached hydrogens (tertiary/aromatic N) is 3. The molecule has 1 unspecified atom stereocenters. The number of morpholine rings is 1. The summed E-state index contributed by atoms with van der Waals surface area (Å²) in [7, 11) is -3.81. The van der Waals surface area contributed by atoms with E-state index in [0.29, 0.717) is 6.07 Å². The minimum absolute atomic E-state index is 0.0111. The van der Waals surface area contributed by atoms with Crippen LogP contribution in [-0.4, -0.2) is 59.8 Å². The van der Waals surface area contributed by atoms with Gasteiger partial charge in [-0.05, 0) is 54.1 Å². The molecule has 4 aromatic rings. The van der Waals surface area contributed by atoms with E-state index < -0.39 is 39.4 Å². The first-order valence-corrected chi connectivity index (χ1v) is 13.7. The molecule has 0 saturated carbocycles. The summed E-state index contributed by atoms with van der Waals surface area (Å²) in [5.41, 5.74) is 0.110. The lowest BCUT2D eigenvalue weighted by Crippen LogP contribution is -2.40. The maximum atomic E-state index is 13.9. The molecule has 0 spiro atoms. The van der Waals surface area contributed by atoms with Crippen LogP contribution in [0.5, 0.6) is 0 Å². The number of benzene rings is 3. The quantitative estimate of drug-likeness (QED) is 0.349. The molecule has 5 rings (SSSR count). The third kappa shape index (κ3) is 5.57. The molecule has 1 atom stereocenters. The Bertz CT molecular complexity index is 1720. The number of para-hydroxylation sites is 1. The molecule has 1 aliphatic rings. The summed E-state index contributed by atoms with van der Waals surface area (Å²) in [6, 6.07) is 13.6. The van der Waals surface area contributed by atoms with Crippen LogP contribution in [0.25, 0.3) is 16.6 Å². The Hall–Kier alpha value is -4.20. The van der Waals surface area contributed by atoms with Gasteiger partial charge in [0.1, 0.15) is 17.5 Å². The van der Waals surface area contributed by atoms with E-state index in [1.807, 2.05) is 0 Å². The summed E-state index contributed by atoms with van der Waals surface area (Å²) in [5, 5.41) is 12.1. The van der Waals surface area contributed by atoms with Gasteiger partial charge in [-0.3, -0.25) is 9.36 Å². The zero-order chi connectivity index (χ0) is 28.4. The maximum Gasteiger partial charge on any atom is 0.405 e. The van der Waals surface area contributed by atoms with E-state index in [2.05, 4.69) is 10.3 Å². The average Bonchev–Trinajstić information content (AvgIpc) is 2.92. The van der Waals surface area contributed by atoms with E-state index in [0.717, 1.165) is 12.1 Å². The fourth-order valence-corrected chi connectivity index (χ4v) is 6.06. The maximum absolute atomic E-state index is 13.9. The van der Waals surface area contributed by atoms with Gasteiger partial charge in [-0.15, -0.1) is 0 Å². The van der Waals surface area contributed by atoms with Gasteiger partial charge >= 0.3 is 6.09 Å². The number of nitrogens with one attached hydrogen (secondary N) is 1. The number of ether oxygens (including phenoxy) is 1. The van der Waals surface area contributed by atoms with E-state index in [1.165, 1.54) is 33.1 Å². The van der Waals surface area contributed by atoms with Gasteiger partial charge in [-0.25, -0.2) is 27.0 Å². The second-order valence-electron chi connectivity index (χ2n) is 9.12. The highest BCUT2D eigenvalue weighted by Gasteiger charge is 2.27. The van der Waals surface area contributed by atoms with Gasteiger partial charge in [0.25, 0.3) is 5.56 Å². The summed E-state index contributed by atoms with van der Waals surface area (Å²) in [5.74, 6) is -1.73. The number of hydrogen-bond acceptors (Lipinski definition) is 6. The highest BCUT2D eigenvalue weighted by molar-refractivity contribution is 7.89. The Kier molecular flexibility index (Phi) is 7.61. The summed E-state index contributed by atoms with van der Waals surface area (Å²) in [4.78, 5) is 30.0. The molecule has 0 aliphatic carbocycles. The van der Waals surface area contributed by atoms with Crippen molar-refractivity contribution in [1.82, 2.24) is 19.2 Å². The first-order chi connectivity index (χ1) is 19.1. The fourth-order valence-electron chi connectivity index (χ4n) is 4.66. The lowest BCUT2D eigenvalue weighted by atomic mass is 10.0. The molecule has 13 heteroatoms. The normalized spacial score (nSPS) is 15.2. The molecule has 1 aromatic heterocycles. The minimum atomic E-state index is -3.81. The van der Waals surface area contributed by atoms with Crippen molar-refractivity contribution in [2.24, 2.45) is 0 Å². The van der Waals surface area contributed by atoms with Gasteiger partial charge < -0.3 is 15.2 Å². The number of sulfonamides is 1. The van der Waals surface area contributed by atoms with Crippen molar-refractivity contribution < 1.29 is 31.8 Å². The summed E-state index contributed by atoms with van der Waals surface area (Å²) < 4.78 is 61.7. The number of rotatable bonds is 7. The number of amides is 1. The zero-order valence-corrected chi connectivity index (χ0v) is 21.8. The van der Waals surface area contributed by atoms with Gasteiger partial charge in [-0.1, -0.05) is 12.1 Å². The van der Waals surface area contributed by atoms with Crippen molar-refractivity contribution in [3.63, 3.8) is 0 Å². The van der Waals surface area contributed by atoms with Crippen LogP contribution in [0.15, 0.2) is 76.4 Å². The molecule has 1 saturated heterocycles. The molecule has 1 amide bonds. The molecular formula is C27H24F2N4O6S. The standard InChI is InChI=1S/C27H24F2N4O6S/c28-18-13-17(14-19(29)16-18)15-24(31-27(35)36)25-30-23-4-2-1-3-22(23)26(34)33(25)20-5-7-21(8-6-20)40(37,38)32-9-11-39-12-10-32/h1-8,13-14,16,24,31H,9-12,15H2,(H,35,36). The Balaban J connectivity index is 1.64. The second kappa shape index (κ2) is 11.1. The molecule has 40 heavy (non-hydrogen) atoms. The molecule has 0 bridgehead atoms. The van der Waals surface area contributed by atoms with Crippen LogP contribution in [0.1, 0.15) is 17.4 Å². The van der Waals surface area contributed by atoms with E-state index in [-0.39, 0.29) is 65.6 Å². The molecule has 208 valence electrons.